The van der Waals surface area contributed by atoms with Gasteiger partial charge in [-0.15, -0.1) is 0 Å². The minimum absolute atomic E-state index is 0.353. The predicted molar refractivity (Wildman–Crippen MR) is 88.4 cm³/mol. The molecule has 0 aliphatic rings. The van der Waals surface area contributed by atoms with Gasteiger partial charge in [0.25, 0.3) is 0 Å². The van der Waals surface area contributed by atoms with Crippen LogP contribution < -0.4 is 0 Å². The summed E-state index contributed by atoms with van der Waals surface area (Å²) < 4.78 is 24.4. The van der Waals surface area contributed by atoms with E-state index in [0.29, 0.717) is 4.90 Å². The smallest absolute Gasteiger partial charge is 0.175 e. The number of rotatable bonds is 3. The number of aromatic nitrogens is 1. The SMILES string of the molecule is CS(=O)(=O)c1ccc2[nH]cc(Cc3ccc(Br)cc3)c2c1. The Morgan fingerprint density at radius 1 is 1.10 bits per heavy atom. The summed E-state index contributed by atoms with van der Waals surface area (Å²) in [5, 5.41) is 0.959. The number of hydrogen-bond acceptors (Lipinski definition) is 2. The molecule has 1 aromatic heterocycles. The standard InChI is InChI=1S/C16H14BrNO2S/c1-21(19,20)14-6-7-16-15(9-14)12(10-18-16)8-11-2-4-13(17)5-3-11/h2-7,9-10,18H,8H2,1H3. The monoisotopic (exact) mass is 363 g/mol. The lowest BCUT2D eigenvalue weighted by Crippen LogP contribution is -1.96. The molecule has 0 saturated heterocycles. The maximum Gasteiger partial charge on any atom is 0.175 e. The first-order valence-corrected chi connectivity index (χ1v) is 9.16. The van der Waals surface area contributed by atoms with E-state index in [0.717, 1.165) is 27.4 Å². The zero-order valence-electron chi connectivity index (χ0n) is 11.4. The van der Waals surface area contributed by atoms with Gasteiger partial charge >= 0.3 is 0 Å². The minimum atomic E-state index is -3.19. The summed E-state index contributed by atoms with van der Waals surface area (Å²) in [6.45, 7) is 0. The first-order valence-electron chi connectivity index (χ1n) is 6.48. The van der Waals surface area contributed by atoms with Gasteiger partial charge in [0.2, 0.25) is 0 Å². The summed E-state index contributed by atoms with van der Waals surface area (Å²) >= 11 is 3.42. The molecule has 1 N–H and O–H groups in total. The molecule has 0 spiro atoms. The molecular weight excluding hydrogens is 350 g/mol. The Morgan fingerprint density at radius 3 is 2.48 bits per heavy atom. The van der Waals surface area contributed by atoms with Gasteiger partial charge < -0.3 is 4.98 Å². The van der Waals surface area contributed by atoms with Crippen molar-refractivity contribution in [1.29, 1.82) is 0 Å². The summed E-state index contributed by atoms with van der Waals surface area (Å²) in [5.41, 5.74) is 3.23. The Labute approximate surface area is 132 Å². The molecule has 0 bridgehead atoms. The van der Waals surface area contributed by atoms with E-state index in [-0.39, 0.29) is 0 Å². The summed E-state index contributed by atoms with van der Waals surface area (Å²) in [4.78, 5) is 3.55. The molecule has 2 aromatic carbocycles. The molecule has 0 aliphatic heterocycles. The van der Waals surface area contributed by atoms with Gasteiger partial charge in [0.1, 0.15) is 0 Å². The Morgan fingerprint density at radius 2 is 1.81 bits per heavy atom. The summed E-state index contributed by atoms with van der Waals surface area (Å²) in [7, 11) is -3.19. The summed E-state index contributed by atoms with van der Waals surface area (Å²) in [6.07, 6.45) is 3.94. The zero-order chi connectivity index (χ0) is 15.0. The highest BCUT2D eigenvalue weighted by atomic mass is 79.9. The van der Waals surface area contributed by atoms with E-state index >= 15 is 0 Å². The van der Waals surface area contributed by atoms with Crippen molar-refractivity contribution < 1.29 is 8.42 Å². The number of sulfone groups is 1. The van der Waals surface area contributed by atoms with Crippen LogP contribution in [-0.4, -0.2) is 19.7 Å². The quantitative estimate of drug-likeness (QED) is 0.766. The van der Waals surface area contributed by atoms with Gasteiger partial charge in [-0.1, -0.05) is 28.1 Å². The first kappa shape index (κ1) is 14.4. The van der Waals surface area contributed by atoms with E-state index in [2.05, 4.69) is 33.0 Å². The van der Waals surface area contributed by atoms with Crippen molar-refractivity contribution in [2.75, 3.05) is 6.26 Å². The number of fused-ring (bicyclic) bond motifs is 1. The largest absolute Gasteiger partial charge is 0.361 e. The normalized spacial score (nSPS) is 11.9. The lowest BCUT2D eigenvalue weighted by Gasteiger charge is -2.03. The van der Waals surface area contributed by atoms with Crippen LogP contribution in [-0.2, 0) is 16.3 Å². The molecule has 0 atom stereocenters. The van der Waals surface area contributed by atoms with E-state index < -0.39 is 9.84 Å². The Kier molecular flexibility index (Phi) is 3.63. The molecule has 1 heterocycles. The van der Waals surface area contributed by atoms with Crippen LogP contribution in [0.5, 0.6) is 0 Å². The molecule has 21 heavy (non-hydrogen) atoms. The highest BCUT2D eigenvalue weighted by Gasteiger charge is 2.11. The average molecular weight is 364 g/mol. The summed E-state index contributed by atoms with van der Waals surface area (Å²) in [6, 6.07) is 13.3. The number of halogens is 1. The van der Waals surface area contributed by atoms with Crippen LogP contribution in [0.15, 0.2) is 58.0 Å². The molecule has 0 radical (unpaired) electrons. The maximum atomic E-state index is 11.7. The molecule has 5 heteroatoms. The van der Waals surface area contributed by atoms with E-state index in [4.69, 9.17) is 0 Å². The first-order chi connectivity index (χ1) is 9.93. The lowest BCUT2D eigenvalue weighted by atomic mass is 10.0. The number of nitrogens with one attached hydrogen (secondary N) is 1. The fraction of sp³-hybridized carbons (Fsp3) is 0.125. The van der Waals surface area contributed by atoms with Gasteiger partial charge in [-0.25, -0.2) is 8.42 Å². The third-order valence-electron chi connectivity index (χ3n) is 3.47. The van der Waals surface area contributed by atoms with Gasteiger partial charge in [0.15, 0.2) is 9.84 Å². The Balaban J connectivity index is 2.04. The predicted octanol–water partition coefficient (Wildman–Crippen LogP) is 3.92. The number of benzene rings is 2. The molecule has 0 amide bonds. The van der Waals surface area contributed by atoms with Crippen LogP contribution in [0, 0.1) is 0 Å². The molecule has 0 unspecified atom stereocenters. The second-order valence-electron chi connectivity index (χ2n) is 5.10. The zero-order valence-corrected chi connectivity index (χ0v) is 13.8. The molecule has 0 aliphatic carbocycles. The van der Waals surface area contributed by atoms with Crippen molar-refractivity contribution in [3.63, 3.8) is 0 Å². The molecule has 0 fully saturated rings. The second-order valence-corrected chi connectivity index (χ2v) is 8.03. The second kappa shape index (κ2) is 5.31. The van der Waals surface area contributed by atoms with Crippen LogP contribution >= 0.6 is 15.9 Å². The number of H-pyrrole nitrogens is 1. The van der Waals surface area contributed by atoms with E-state index in [1.807, 2.05) is 24.4 Å². The Bertz CT molecular complexity index is 896. The van der Waals surface area contributed by atoms with Crippen molar-refractivity contribution in [2.24, 2.45) is 0 Å². The average Bonchev–Trinajstić information content (AvgIpc) is 2.83. The van der Waals surface area contributed by atoms with Crippen LogP contribution in [0.1, 0.15) is 11.1 Å². The molecule has 108 valence electrons. The van der Waals surface area contributed by atoms with Gasteiger partial charge in [-0.3, -0.25) is 0 Å². The third-order valence-corrected chi connectivity index (χ3v) is 5.11. The Hall–Kier alpha value is -1.59. The van der Waals surface area contributed by atoms with Gasteiger partial charge in [-0.05, 0) is 47.9 Å². The van der Waals surface area contributed by atoms with Gasteiger partial charge in [0.05, 0.1) is 4.90 Å². The number of hydrogen-bond donors (Lipinski definition) is 1. The molecule has 3 nitrogen and oxygen atoms in total. The van der Waals surface area contributed by atoms with Crippen molar-refractivity contribution in [3.05, 3.63) is 64.3 Å². The fourth-order valence-corrected chi connectivity index (χ4v) is 3.27. The minimum Gasteiger partial charge on any atom is -0.361 e. The van der Waals surface area contributed by atoms with Crippen LogP contribution in [0.3, 0.4) is 0 Å². The van der Waals surface area contributed by atoms with E-state index in [9.17, 15) is 8.42 Å². The molecular formula is C16H14BrNO2S. The van der Waals surface area contributed by atoms with Gasteiger partial charge in [-0.2, -0.15) is 0 Å². The molecule has 0 saturated carbocycles. The van der Waals surface area contributed by atoms with Crippen molar-refractivity contribution in [2.45, 2.75) is 11.3 Å². The number of aromatic amines is 1. The van der Waals surface area contributed by atoms with Crippen molar-refractivity contribution in [1.82, 2.24) is 4.98 Å². The van der Waals surface area contributed by atoms with E-state index in [1.54, 1.807) is 12.1 Å². The summed E-state index contributed by atoms with van der Waals surface area (Å²) in [5.74, 6) is 0. The van der Waals surface area contributed by atoms with Crippen LogP contribution in [0.25, 0.3) is 10.9 Å². The third kappa shape index (κ3) is 3.04. The van der Waals surface area contributed by atoms with Gasteiger partial charge in [0, 0.05) is 27.8 Å². The highest BCUT2D eigenvalue weighted by Crippen LogP contribution is 2.24. The van der Waals surface area contributed by atoms with Crippen molar-refractivity contribution >= 4 is 36.7 Å². The molecule has 3 aromatic rings. The fourth-order valence-electron chi connectivity index (χ4n) is 2.36. The van der Waals surface area contributed by atoms with Crippen LogP contribution in [0.2, 0.25) is 0 Å². The highest BCUT2D eigenvalue weighted by molar-refractivity contribution is 9.10. The topological polar surface area (TPSA) is 49.9 Å². The van der Waals surface area contributed by atoms with Crippen LogP contribution in [0.4, 0.5) is 0 Å². The van der Waals surface area contributed by atoms with Crippen molar-refractivity contribution in [3.8, 4) is 0 Å². The lowest BCUT2D eigenvalue weighted by molar-refractivity contribution is 0.602. The maximum absolute atomic E-state index is 11.7. The molecule has 3 rings (SSSR count). The van der Waals surface area contributed by atoms with E-state index in [1.165, 1.54) is 11.8 Å².